The molecule has 5 heavy (non-hydrogen) atoms. The Balaban J connectivity index is -0.00000000167. The van der Waals surface area contributed by atoms with Gasteiger partial charge in [-0.05, 0) is 0 Å². The summed E-state index contributed by atoms with van der Waals surface area (Å²) in [6.45, 7) is 6.00. The van der Waals surface area contributed by atoms with Crippen LogP contribution in [-0.2, 0) is 27.3 Å². The predicted octanol–water partition coefficient (Wildman–Crippen LogP) is -5.19. The van der Waals surface area contributed by atoms with Crippen LogP contribution < -0.4 is 34.0 Å². The standard InChI is InChI=1S/C2H4.2BrH.Cd/c1-2;;;/h1-2H2;2*1H;/q;;;+2/p-2. The second-order valence-electron chi connectivity index (χ2n) is 0. The van der Waals surface area contributed by atoms with Crippen LogP contribution in [0.5, 0.6) is 0 Å². The molecule has 0 radical (unpaired) electrons. The van der Waals surface area contributed by atoms with E-state index in [1.54, 1.807) is 0 Å². The minimum atomic E-state index is 0. The van der Waals surface area contributed by atoms with Crippen molar-refractivity contribution >= 4 is 0 Å². The van der Waals surface area contributed by atoms with Crippen molar-refractivity contribution in [2.24, 2.45) is 0 Å². The summed E-state index contributed by atoms with van der Waals surface area (Å²) in [6.07, 6.45) is 0. The molecular formula is C2H4Br2Cd. The summed E-state index contributed by atoms with van der Waals surface area (Å²) in [6, 6.07) is 0. The van der Waals surface area contributed by atoms with Crippen molar-refractivity contribution in [1.82, 2.24) is 0 Å². The molecule has 0 amide bonds. The van der Waals surface area contributed by atoms with Crippen LogP contribution in [0.3, 0.4) is 0 Å². The molecule has 0 heterocycles. The summed E-state index contributed by atoms with van der Waals surface area (Å²) in [5, 5.41) is 0. The quantitative estimate of drug-likeness (QED) is 0.310. The molecule has 0 nitrogen and oxygen atoms in total. The Morgan fingerprint density at radius 3 is 0.800 bits per heavy atom. The maximum atomic E-state index is 3.00. The number of halogens is 2. The molecule has 0 rings (SSSR count). The van der Waals surface area contributed by atoms with Gasteiger partial charge in [-0.1, -0.05) is 0 Å². The van der Waals surface area contributed by atoms with Gasteiger partial charge in [-0.2, -0.15) is 0 Å². The topological polar surface area (TPSA) is 0 Å². The zero-order chi connectivity index (χ0) is 2.00. The first kappa shape index (κ1) is 30.4. The molecule has 3 heteroatoms. The molecule has 0 saturated carbocycles. The van der Waals surface area contributed by atoms with Gasteiger partial charge in [-0.25, -0.2) is 0 Å². The molecule has 0 aromatic carbocycles. The third-order valence-electron chi connectivity index (χ3n) is 0. The summed E-state index contributed by atoms with van der Waals surface area (Å²) in [5.74, 6) is 0. The summed E-state index contributed by atoms with van der Waals surface area (Å²) in [7, 11) is 0. The van der Waals surface area contributed by atoms with E-state index in [0.717, 1.165) is 0 Å². The first-order valence-corrected chi connectivity index (χ1v) is 0.500. The molecule has 0 aliphatic rings. The van der Waals surface area contributed by atoms with Gasteiger partial charge in [0, 0.05) is 0 Å². The van der Waals surface area contributed by atoms with E-state index in [-0.39, 0.29) is 61.3 Å². The Hall–Kier alpha value is 1.62. The second-order valence-corrected chi connectivity index (χ2v) is 0. The van der Waals surface area contributed by atoms with Crippen molar-refractivity contribution in [2.75, 3.05) is 0 Å². The van der Waals surface area contributed by atoms with Gasteiger partial charge in [-0.15, -0.1) is 13.2 Å². The van der Waals surface area contributed by atoms with Crippen LogP contribution in [0.25, 0.3) is 0 Å². The van der Waals surface area contributed by atoms with E-state index in [1.165, 1.54) is 0 Å². The van der Waals surface area contributed by atoms with E-state index >= 15 is 0 Å². The second kappa shape index (κ2) is 45.6. The van der Waals surface area contributed by atoms with Crippen molar-refractivity contribution < 1.29 is 61.3 Å². The molecule has 0 aliphatic heterocycles. The molecule has 0 aromatic rings. The van der Waals surface area contributed by atoms with Crippen LogP contribution in [0.1, 0.15) is 0 Å². The van der Waals surface area contributed by atoms with Gasteiger partial charge in [0.15, 0.2) is 0 Å². The van der Waals surface area contributed by atoms with Crippen molar-refractivity contribution in [2.45, 2.75) is 0 Å². The van der Waals surface area contributed by atoms with Gasteiger partial charge in [0.25, 0.3) is 0 Å². The normalized spacial score (nSPS) is 0.800. The fourth-order valence-electron chi connectivity index (χ4n) is 0. The van der Waals surface area contributed by atoms with Gasteiger partial charge in [-0.3, -0.25) is 0 Å². The smallest absolute Gasteiger partial charge is 1.00 e. The van der Waals surface area contributed by atoms with Gasteiger partial charge in [0.1, 0.15) is 0 Å². The van der Waals surface area contributed by atoms with E-state index in [9.17, 15) is 0 Å². The number of rotatable bonds is 0. The van der Waals surface area contributed by atoms with E-state index in [1.807, 2.05) is 0 Å². The van der Waals surface area contributed by atoms with Crippen LogP contribution in [-0.4, -0.2) is 0 Å². The van der Waals surface area contributed by atoms with Crippen molar-refractivity contribution in [3.8, 4) is 0 Å². The molecule has 0 atom stereocenters. The minimum Gasteiger partial charge on any atom is -1.00 e. The molecule has 0 bridgehead atoms. The molecule has 0 saturated heterocycles. The molecule has 28 valence electrons. The Kier molecular flexibility index (Phi) is 278. The summed E-state index contributed by atoms with van der Waals surface area (Å²) in [5.41, 5.74) is 0. The van der Waals surface area contributed by atoms with Crippen molar-refractivity contribution in [3.05, 3.63) is 13.2 Å². The van der Waals surface area contributed by atoms with Crippen molar-refractivity contribution in [3.63, 3.8) is 0 Å². The Morgan fingerprint density at radius 2 is 0.800 bits per heavy atom. The Labute approximate surface area is 73.7 Å². The third kappa shape index (κ3) is 28.0. The summed E-state index contributed by atoms with van der Waals surface area (Å²) < 4.78 is 0. The Bertz CT molecular complexity index is 7.61. The predicted molar refractivity (Wildman–Crippen MR) is 11.3 cm³/mol. The zero-order valence-electron chi connectivity index (χ0n) is 2.88. The van der Waals surface area contributed by atoms with Gasteiger partial charge in [0.05, 0.1) is 0 Å². The molecular weight excluding hydrogens is 296 g/mol. The average molecular weight is 300 g/mol. The maximum absolute atomic E-state index is 3.00. The van der Waals surface area contributed by atoms with E-state index in [0.29, 0.717) is 0 Å². The Morgan fingerprint density at radius 1 is 0.800 bits per heavy atom. The molecule has 0 aliphatic carbocycles. The first-order valence-electron chi connectivity index (χ1n) is 0.500. The van der Waals surface area contributed by atoms with E-state index < -0.39 is 0 Å². The monoisotopic (exact) mass is 300 g/mol. The van der Waals surface area contributed by atoms with Gasteiger partial charge < -0.3 is 34.0 Å². The molecule has 0 fully saturated rings. The zero-order valence-corrected chi connectivity index (χ0v) is 10.1. The van der Waals surface area contributed by atoms with Crippen LogP contribution in [0.15, 0.2) is 13.2 Å². The molecule has 0 spiro atoms. The van der Waals surface area contributed by atoms with Gasteiger partial charge in [0.2, 0.25) is 0 Å². The summed E-state index contributed by atoms with van der Waals surface area (Å²) in [4.78, 5) is 0. The fourth-order valence-corrected chi connectivity index (χ4v) is 0. The van der Waals surface area contributed by atoms with Crippen LogP contribution in [0.2, 0.25) is 0 Å². The van der Waals surface area contributed by atoms with Crippen LogP contribution in [0.4, 0.5) is 0 Å². The fraction of sp³-hybridized carbons (Fsp3) is 0. The maximum Gasteiger partial charge on any atom is 2.00 e. The first-order chi connectivity index (χ1) is 1.00. The van der Waals surface area contributed by atoms with Crippen LogP contribution >= 0.6 is 0 Å². The van der Waals surface area contributed by atoms with Crippen LogP contribution in [0, 0.1) is 0 Å². The number of hydrogen-bond acceptors (Lipinski definition) is 0. The van der Waals surface area contributed by atoms with E-state index in [2.05, 4.69) is 13.2 Å². The molecule has 0 aromatic heterocycles. The largest absolute Gasteiger partial charge is 2.00 e. The van der Waals surface area contributed by atoms with Gasteiger partial charge >= 0.3 is 27.3 Å². The number of hydrogen-bond donors (Lipinski definition) is 0. The summed E-state index contributed by atoms with van der Waals surface area (Å²) >= 11 is 0. The van der Waals surface area contributed by atoms with E-state index in [4.69, 9.17) is 0 Å². The average Bonchev–Trinajstić information content (AvgIpc) is 1.00. The molecule has 0 N–H and O–H groups in total. The SMILES string of the molecule is C=C.[Br-].[Br-].[Cd+2]. The molecule has 0 unspecified atom stereocenters. The minimum absolute atomic E-state index is 0. The van der Waals surface area contributed by atoms with Crippen molar-refractivity contribution in [1.29, 1.82) is 0 Å². The third-order valence-corrected chi connectivity index (χ3v) is 0.